The molecule has 1 heterocycles. The number of methoxy groups -OCH3 is 1. The summed E-state index contributed by atoms with van der Waals surface area (Å²) in [6.07, 6.45) is 0.289. The zero-order valence-corrected chi connectivity index (χ0v) is 20.8. The van der Waals surface area contributed by atoms with E-state index in [0.717, 1.165) is 28.3 Å². The summed E-state index contributed by atoms with van der Waals surface area (Å²) in [5.74, 6) is 1.24. The molecule has 1 saturated heterocycles. The number of nitrogens with one attached hydrogen (secondary N) is 1. The summed E-state index contributed by atoms with van der Waals surface area (Å²) in [5, 5.41) is 2.87. The van der Waals surface area contributed by atoms with Crippen LogP contribution in [0.2, 0.25) is 0 Å². The molecule has 1 fully saturated rings. The number of anilines is 2. The summed E-state index contributed by atoms with van der Waals surface area (Å²) in [6, 6.07) is 23.5. The number of carbonyl (C=O) groups is 2. The molecule has 6 heteroatoms. The predicted octanol–water partition coefficient (Wildman–Crippen LogP) is 5.95. The van der Waals surface area contributed by atoms with E-state index in [4.69, 9.17) is 4.74 Å². The van der Waals surface area contributed by atoms with Gasteiger partial charge in [-0.25, -0.2) is 0 Å². The van der Waals surface area contributed by atoms with Crippen molar-refractivity contribution < 1.29 is 14.3 Å². The highest BCUT2D eigenvalue weighted by molar-refractivity contribution is 8.00. The van der Waals surface area contributed by atoms with E-state index in [2.05, 4.69) is 38.2 Å². The fourth-order valence-corrected chi connectivity index (χ4v) is 5.11. The van der Waals surface area contributed by atoms with E-state index in [1.165, 1.54) is 5.56 Å². The second kappa shape index (κ2) is 9.94. The number of ether oxygens (including phenoxy) is 1. The van der Waals surface area contributed by atoms with Gasteiger partial charge >= 0.3 is 0 Å². The summed E-state index contributed by atoms with van der Waals surface area (Å²) in [6.45, 7) is 6.54. The number of rotatable bonds is 6. The van der Waals surface area contributed by atoms with Gasteiger partial charge in [0.25, 0.3) is 0 Å². The topological polar surface area (TPSA) is 58.6 Å². The first-order chi connectivity index (χ1) is 16.2. The Morgan fingerprint density at radius 2 is 1.65 bits per heavy atom. The average Bonchev–Trinajstić information content (AvgIpc) is 3.21. The van der Waals surface area contributed by atoms with E-state index in [1.54, 1.807) is 18.9 Å². The molecule has 0 saturated carbocycles. The summed E-state index contributed by atoms with van der Waals surface area (Å²) < 4.78 is 5.16. The lowest BCUT2D eigenvalue weighted by molar-refractivity contribution is -0.116. The van der Waals surface area contributed by atoms with Crippen molar-refractivity contribution in [1.82, 2.24) is 0 Å². The van der Waals surface area contributed by atoms with Crippen molar-refractivity contribution in [1.29, 1.82) is 0 Å². The molecule has 0 bridgehead atoms. The monoisotopic (exact) mass is 474 g/mol. The van der Waals surface area contributed by atoms with Gasteiger partial charge in [-0.2, -0.15) is 0 Å². The van der Waals surface area contributed by atoms with Crippen LogP contribution in [0.25, 0.3) is 0 Å². The van der Waals surface area contributed by atoms with Gasteiger partial charge in [-0.15, -0.1) is 11.8 Å². The first-order valence-electron chi connectivity index (χ1n) is 11.3. The van der Waals surface area contributed by atoms with Crippen LogP contribution in [-0.2, 0) is 21.4 Å². The minimum Gasteiger partial charge on any atom is -0.497 e. The molecule has 3 aromatic rings. The molecule has 5 nitrogen and oxygen atoms in total. The molecule has 4 rings (SSSR count). The van der Waals surface area contributed by atoms with Crippen LogP contribution >= 0.6 is 11.8 Å². The van der Waals surface area contributed by atoms with Gasteiger partial charge in [0, 0.05) is 11.4 Å². The number of amides is 2. The molecule has 0 spiro atoms. The Bertz CT molecular complexity index is 1150. The quantitative estimate of drug-likeness (QED) is 0.479. The predicted molar refractivity (Wildman–Crippen MR) is 140 cm³/mol. The van der Waals surface area contributed by atoms with E-state index in [0.29, 0.717) is 5.75 Å². The van der Waals surface area contributed by atoms with Crippen LogP contribution in [0.5, 0.6) is 5.75 Å². The molecule has 176 valence electrons. The maximum atomic E-state index is 12.7. The maximum absolute atomic E-state index is 12.7. The number of hydrogen-bond donors (Lipinski definition) is 1. The number of thioether (sulfide) groups is 1. The highest BCUT2D eigenvalue weighted by atomic mass is 32.2. The summed E-state index contributed by atoms with van der Waals surface area (Å²) in [4.78, 5) is 27.0. The first-order valence-corrected chi connectivity index (χ1v) is 12.4. The van der Waals surface area contributed by atoms with Gasteiger partial charge in [0.15, 0.2) is 0 Å². The van der Waals surface area contributed by atoms with E-state index >= 15 is 0 Å². The standard InChI is InChI=1S/C28H30N2O3S/c1-28(2,3)21-9-13-23(14-10-21)30-26(32)18-34-27(30)20-7-11-22(12-8-20)29-25(31)17-19-5-15-24(33-4)16-6-19/h5-16,27H,17-18H2,1-4H3,(H,29,31)/t27-/m0/s1. The zero-order chi connectivity index (χ0) is 24.3. The van der Waals surface area contributed by atoms with Gasteiger partial charge in [0.05, 0.1) is 19.3 Å². The average molecular weight is 475 g/mol. The second-order valence-corrected chi connectivity index (χ2v) is 10.5. The molecule has 34 heavy (non-hydrogen) atoms. The van der Waals surface area contributed by atoms with Crippen molar-refractivity contribution in [2.75, 3.05) is 23.1 Å². The molecule has 1 aliphatic heterocycles. The third-order valence-corrected chi connectivity index (χ3v) is 7.10. The fraction of sp³-hybridized carbons (Fsp3) is 0.286. The van der Waals surface area contributed by atoms with Crippen molar-refractivity contribution in [2.45, 2.75) is 38.0 Å². The largest absolute Gasteiger partial charge is 0.497 e. The SMILES string of the molecule is COc1ccc(CC(=O)Nc2ccc([C@@H]3SCC(=O)N3c3ccc(C(C)(C)C)cc3)cc2)cc1. The molecule has 0 radical (unpaired) electrons. The van der Waals surface area contributed by atoms with Crippen LogP contribution < -0.4 is 15.0 Å². The van der Waals surface area contributed by atoms with Crippen LogP contribution in [0.1, 0.15) is 42.8 Å². The normalized spacial score (nSPS) is 15.9. The number of hydrogen-bond acceptors (Lipinski definition) is 4. The van der Waals surface area contributed by atoms with Crippen LogP contribution in [-0.4, -0.2) is 24.7 Å². The molecular formula is C28H30N2O3S. The van der Waals surface area contributed by atoms with Crippen LogP contribution in [0, 0.1) is 0 Å². The number of nitrogens with zero attached hydrogens (tertiary/aromatic N) is 1. The minimum atomic E-state index is -0.0861. The van der Waals surface area contributed by atoms with Gasteiger partial charge in [0.1, 0.15) is 11.1 Å². The van der Waals surface area contributed by atoms with E-state index < -0.39 is 0 Å². The Kier molecular flexibility index (Phi) is 6.98. The third kappa shape index (κ3) is 5.45. The van der Waals surface area contributed by atoms with Gasteiger partial charge in [-0.3, -0.25) is 14.5 Å². The molecule has 2 amide bonds. The van der Waals surface area contributed by atoms with Crippen LogP contribution in [0.15, 0.2) is 72.8 Å². The lowest BCUT2D eigenvalue weighted by Gasteiger charge is -2.26. The Labute approximate surface area is 205 Å². The molecule has 1 atom stereocenters. The number of carbonyl (C=O) groups excluding carboxylic acids is 2. The fourth-order valence-electron chi connectivity index (χ4n) is 3.94. The molecule has 0 aromatic heterocycles. The van der Waals surface area contributed by atoms with Crippen LogP contribution in [0.3, 0.4) is 0 Å². The second-order valence-electron chi connectivity index (χ2n) is 9.42. The Morgan fingerprint density at radius 1 is 1.00 bits per heavy atom. The Balaban J connectivity index is 1.43. The molecule has 1 aliphatic rings. The molecule has 3 aromatic carbocycles. The Hall–Kier alpha value is -3.25. The summed E-state index contributed by atoms with van der Waals surface area (Å²) in [5.41, 5.74) is 4.90. The van der Waals surface area contributed by atoms with Crippen molar-refractivity contribution in [3.05, 3.63) is 89.5 Å². The zero-order valence-electron chi connectivity index (χ0n) is 20.0. The van der Waals surface area contributed by atoms with Gasteiger partial charge in [0.2, 0.25) is 11.8 Å². The van der Waals surface area contributed by atoms with Crippen molar-refractivity contribution in [3.63, 3.8) is 0 Å². The molecule has 0 unspecified atom stereocenters. The highest BCUT2D eigenvalue weighted by Gasteiger charge is 2.34. The number of benzene rings is 3. The van der Waals surface area contributed by atoms with Crippen molar-refractivity contribution >= 4 is 35.0 Å². The lowest BCUT2D eigenvalue weighted by atomic mass is 9.87. The minimum absolute atomic E-state index is 0.0648. The van der Waals surface area contributed by atoms with E-state index in [-0.39, 0.29) is 29.0 Å². The van der Waals surface area contributed by atoms with Crippen molar-refractivity contribution in [3.8, 4) is 5.75 Å². The summed E-state index contributed by atoms with van der Waals surface area (Å²) >= 11 is 1.62. The van der Waals surface area contributed by atoms with Gasteiger partial charge in [-0.1, -0.05) is 57.2 Å². The van der Waals surface area contributed by atoms with Gasteiger partial charge < -0.3 is 10.1 Å². The van der Waals surface area contributed by atoms with Crippen LogP contribution in [0.4, 0.5) is 11.4 Å². The lowest BCUT2D eigenvalue weighted by Crippen LogP contribution is -2.28. The molecular weight excluding hydrogens is 444 g/mol. The van der Waals surface area contributed by atoms with E-state index in [1.807, 2.05) is 65.6 Å². The van der Waals surface area contributed by atoms with E-state index in [9.17, 15) is 9.59 Å². The maximum Gasteiger partial charge on any atom is 0.238 e. The first kappa shape index (κ1) is 23.9. The Morgan fingerprint density at radius 3 is 2.24 bits per heavy atom. The van der Waals surface area contributed by atoms with Crippen molar-refractivity contribution in [2.24, 2.45) is 0 Å². The van der Waals surface area contributed by atoms with Gasteiger partial charge in [-0.05, 0) is 58.5 Å². The third-order valence-electron chi connectivity index (χ3n) is 5.88. The summed E-state index contributed by atoms with van der Waals surface area (Å²) in [7, 11) is 1.62. The molecule has 0 aliphatic carbocycles. The molecule has 1 N–H and O–H groups in total. The highest BCUT2D eigenvalue weighted by Crippen LogP contribution is 2.42. The smallest absolute Gasteiger partial charge is 0.238 e.